The van der Waals surface area contributed by atoms with Gasteiger partial charge in [0, 0.05) is 29.2 Å². The van der Waals surface area contributed by atoms with Gasteiger partial charge in [0.2, 0.25) is 5.95 Å². The Balaban J connectivity index is 1.54. The molecule has 0 radical (unpaired) electrons. The van der Waals surface area contributed by atoms with Crippen LogP contribution in [0.1, 0.15) is 60.9 Å². The van der Waals surface area contributed by atoms with Crippen molar-refractivity contribution in [1.29, 1.82) is 0 Å². The molecule has 13 heteroatoms. The molecule has 40 heavy (non-hydrogen) atoms. The van der Waals surface area contributed by atoms with E-state index in [1.807, 2.05) is 24.6 Å². The molecular formula is C27H30F3N7O2S. The number of halogens is 3. The van der Waals surface area contributed by atoms with Crippen LogP contribution in [0.3, 0.4) is 0 Å². The van der Waals surface area contributed by atoms with Gasteiger partial charge in [-0.2, -0.15) is 5.10 Å². The van der Waals surface area contributed by atoms with Gasteiger partial charge in [0.25, 0.3) is 5.91 Å². The number of carbonyl (C=O) groups excluding carboxylic acids is 1. The minimum atomic E-state index is -4.92. The quantitative estimate of drug-likeness (QED) is 0.263. The average molecular weight is 574 g/mol. The largest absolute Gasteiger partial charge is 0.573 e. The molecule has 3 N–H and O–H groups in total. The van der Waals surface area contributed by atoms with Crippen molar-refractivity contribution in [2.75, 3.05) is 25.0 Å². The van der Waals surface area contributed by atoms with E-state index in [0.29, 0.717) is 16.4 Å². The molecule has 1 aromatic carbocycles. The van der Waals surface area contributed by atoms with E-state index in [9.17, 15) is 18.0 Å². The summed E-state index contributed by atoms with van der Waals surface area (Å²) in [6, 6.07) is 7.66. The normalized spacial score (nSPS) is 15.2. The van der Waals surface area contributed by atoms with Crippen LogP contribution in [-0.4, -0.2) is 56.6 Å². The fourth-order valence-corrected chi connectivity index (χ4v) is 6.00. The van der Waals surface area contributed by atoms with Gasteiger partial charge in [-0.05, 0) is 52.4 Å². The fourth-order valence-electron chi connectivity index (χ4n) is 5.02. The Morgan fingerprint density at radius 2 is 1.98 bits per heavy atom. The van der Waals surface area contributed by atoms with E-state index in [0.717, 1.165) is 49.5 Å². The molecule has 1 amide bonds. The van der Waals surface area contributed by atoms with Crippen LogP contribution in [0.4, 0.5) is 24.9 Å². The molecule has 1 aliphatic heterocycles. The van der Waals surface area contributed by atoms with Crippen molar-refractivity contribution in [3.63, 3.8) is 0 Å². The van der Waals surface area contributed by atoms with Gasteiger partial charge in [0.1, 0.15) is 16.4 Å². The van der Waals surface area contributed by atoms with Gasteiger partial charge in [-0.25, -0.2) is 14.6 Å². The Morgan fingerprint density at radius 3 is 2.62 bits per heavy atom. The number of nitrogens with zero attached hydrogens (tertiary/aromatic N) is 5. The number of hydrogen-bond donors (Lipinski definition) is 2. The highest BCUT2D eigenvalue weighted by atomic mass is 32.1. The minimum Gasteiger partial charge on any atom is -0.405 e. The first kappa shape index (κ1) is 27.8. The molecule has 0 saturated carbocycles. The van der Waals surface area contributed by atoms with Crippen LogP contribution >= 0.6 is 11.3 Å². The van der Waals surface area contributed by atoms with E-state index >= 15 is 0 Å². The lowest BCUT2D eigenvalue weighted by Gasteiger charge is -2.30. The number of carbonyl (C=O) groups is 1. The number of aromatic nitrogens is 4. The first-order chi connectivity index (χ1) is 19.0. The number of piperidine rings is 1. The molecule has 5 rings (SSSR count). The highest BCUT2D eigenvalue weighted by Gasteiger charge is 2.33. The van der Waals surface area contributed by atoms with Gasteiger partial charge in [-0.15, -0.1) is 24.5 Å². The van der Waals surface area contributed by atoms with Crippen LogP contribution < -0.4 is 15.8 Å². The van der Waals surface area contributed by atoms with Crippen molar-refractivity contribution in [3.05, 3.63) is 47.1 Å². The zero-order chi connectivity index (χ0) is 28.6. The molecule has 4 aromatic rings. The highest BCUT2D eigenvalue weighted by molar-refractivity contribution is 7.21. The molecule has 4 heterocycles. The van der Waals surface area contributed by atoms with Crippen LogP contribution in [0.2, 0.25) is 0 Å². The number of nitrogens with one attached hydrogen (secondary N) is 1. The fraction of sp³-hybridized carbons (Fsp3) is 0.407. The average Bonchev–Trinajstić information content (AvgIpc) is 3.50. The lowest BCUT2D eigenvalue weighted by atomic mass is 9.94. The number of rotatable bonds is 8. The van der Waals surface area contributed by atoms with E-state index < -0.39 is 18.0 Å². The Morgan fingerprint density at radius 1 is 1.25 bits per heavy atom. The van der Waals surface area contributed by atoms with E-state index in [-0.39, 0.29) is 33.5 Å². The molecule has 0 spiro atoms. The molecule has 0 aliphatic carbocycles. The molecule has 1 fully saturated rings. The lowest BCUT2D eigenvalue weighted by Crippen LogP contribution is -2.32. The van der Waals surface area contributed by atoms with Crippen molar-refractivity contribution >= 4 is 39.2 Å². The zero-order valence-corrected chi connectivity index (χ0v) is 23.1. The number of alkyl halides is 3. The maximum atomic E-state index is 13.2. The number of anilines is 2. The Kier molecular flexibility index (Phi) is 7.69. The summed E-state index contributed by atoms with van der Waals surface area (Å²) in [6.45, 7) is 9.31. The SMILES string of the molecule is CCN1CCC(c2cc(Nc3ncc4sc(C(N)=O)c(-c5ccccc5OC(F)(F)F)c4n3)n(C(C)C)n2)CC1. The van der Waals surface area contributed by atoms with Crippen LogP contribution in [-0.2, 0) is 0 Å². The summed E-state index contributed by atoms with van der Waals surface area (Å²) >= 11 is 1.02. The number of ether oxygens (including phenoxy) is 1. The molecule has 9 nitrogen and oxygen atoms in total. The van der Waals surface area contributed by atoms with E-state index in [1.165, 1.54) is 24.4 Å². The number of hydrogen-bond acceptors (Lipinski definition) is 8. The standard InChI is InChI=1S/C27H30F3N7O2S/c1-4-36-11-9-16(10-12-36)18-13-21(37(35-18)15(2)3)33-26-32-14-20-23(34-26)22(24(40-20)25(31)38)17-7-5-6-8-19(17)39-27(28,29)30/h5-8,13-16H,4,9-12H2,1-3H3,(H2,31,38)(H,32,33,34). The van der Waals surface area contributed by atoms with Gasteiger partial charge in [-0.3, -0.25) is 4.79 Å². The minimum absolute atomic E-state index is 0.0532. The van der Waals surface area contributed by atoms with Gasteiger partial charge < -0.3 is 20.7 Å². The molecule has 3 aromatic heterocycles. The Labute approximate surface area is 233 Å². The summed E-state index contributed by atoms with van der Waals surface area (Å²) in [5.74, 6) is 0.0207. The molecular weight excluding hydrogens is 543 g/mol. The number of nitrogens with two attached hydrogens (primary N) is 1. The summed E-state index contributed by atoms with van der Waals surface area (Å²) in [5, 5.41) is 8.12. The van der Waals surface area contributed by atoms with Crippen molar-refractivity contribution in [3.8, 4) is 16.9 Å². The van der Waals surface area contributed by atoms with Crippen molar-refractivity contribution < 1.29 is 22.7 Å². The third kappa shape index (κ3) is 5.75. The van der Waals surface area contributed by atoms with Gasteiger partial charge >= 0.3 is 6.36 Å². The first-order valence-electron chi connectivity index (χ1n) is 13.1. The van der Waals surface area contributed by atoms with Crippen molar-refractivity contribution in [1.82, 2.24) is 24.6 Å². The number of para-hydroxylation sites is 1. The van der Waals surface area contributed by atoms with Crippen molar-refractivity contribution in [2.24, 2.45) is 5.73 Å². The number of fused-ring (bicyclic) bond motifs is 1. The van der Waals surface area contributed by atoms with Crippen LogP contribution in [0.5, 0.6) is 5.75 Å². The molecule has 1 aliphatic rings. The maximum Gasteiger partial charge on any atom is 0.573 e. The number of amides is 1. The smallest absolute Gasteiger partial charge is 0.405 e. The summed E-state index contributed by atoms with van der Waals surface area (Å²) in [5.41, 5.74) is 7.14. The van der Waals surface area contributed by atoms with Crippen LogP contribution in [0, 0.1) is 0 Å². The third-order valence-corrected chi connectivity index (χ3v) is 8.10. The molecule has 0 unspecified atom stereocenters. The topological polar surface area (TPSA) is 111 Å². The van der Waals surface area contributed by atoms with Gasteiger partial charge in [0.05, 0.1) is 22.1 Å². The number of thiophene rings is 1. The van der Waals surface area contributed by atoms with E-state index in [4.69, 9.17) is 10.8 Å². The predicted molar refractivity (Wildman–Crippen MR) is 148 cm³/mol. The third-order valence-electron chi connectivity index (χ3n) is 6.97. The highest BCUT2D eigenvalue weighted by Crippen LogP contribution is 2.43. The lowest BCUT2D eigenvalue weighted by molar-refractivity contribution is -0.274. The number of benzene rings is 1. The predicted octanol–water partition coefficient (Wildman–Crippen LogP) is 6.08. The Bertz CT molecular complexity index is 1520. The zero-order valence-electron chi connectivity index (χ0n) is 22.3. The van der Waals surface area contributed by atoms with Crippen LogP contribution in [0.25, 0.3) is 21.3 Å². The second kappa shape index (κ2) is 11.0. The van der Waals surface area contributed by atoms with E-state index in [2.05, 4.69) is 31.8 Å². The van der Waals surface area contributed by atoms with E-state index in [1.54, 1.807) is 6.07 Å². The molecule has 1 saturated heterocycles. The first-order valence-corrected chi connectivity index (χ1v) is 13.9. The summed E-state index contributed by atoms with van der Waals surface area (Å²) in [7, 11) is 0. The summed E-state index contributed by atoms with van der Waals surface area (Å²) in [6.07, 6.45) is -1.34. The van der Waals surface area contributed by atoms with Gasteiger partial charge in [0.15, 0.2) is 0 Å². The van der Waals surface area contributed by atoms with Gasteiger partial charge in [-0.1, -0.05) is 25.1 Å². The molecule has 212 valence electrons. The number of likely N-dealkylation sites (tertiary alicyclic amines) is 1. The second-order valence-electron chi connectivity index (χ2n) is 9.95. The monoisotopic (exact) mass is 573 g/mol. The molecule has 0 bridgehead atoms. The Hall–Kier alpha value is -3.71. The summed E-state index contributed by atoms with van der Waals surface area (Å²) in [4.78, 5) is 23.9. The second-order valence-corrected chi connectivity index (χ2v) is 11.0. The van der Waals surface area contributed by atoms with Crippen LogP contribution in [0.15, 0.2) is 36.5 Å². The maximum absolute atomic E-state index is 13.2. The van der Waals surface area contributed by atoms with Crippen molar-refractivity contribution in [2.45, 2.75) is 51.9 Å². The molecule has 0 atom stereocenters. The number of primary amides is 1. The summed E-state index contributed by atoms with van der Waals surface area (Å²) < 4.78 is 46.1.